The van der Waals surface area contributed by atoms with Crippen molar-refractivity contribution in [3.05, 3.63) is 30.1 Å². The molecule has 0 amide bonds. The van der Waals surface area contributed by atoms with Gasteiger partial charge in [-0.15, -0.1) is 0 Å². The van der Waals surface area contributed by atoms with Gasteiger partial charge >= 0.3 is 0 Å². The summed E-state index contributed by atoms with van der Waals surface area (Å²) in [4.78, 5) is 0. The van der Waals surface area contributed by atoms with Gasteiger partial charge in [-0.05, 0) is 19.1 Å². The Morgan fingerprint density at radius 3 is 2.79 bits per heavy atom. The van der Waals surface area contributed by atoms with E-state index in [1.54, 1.807) is 25.1 Å². The first kappa shape index (κ1) is 10.5. The number of rotatable bonds is 4. The number of nitrogens with one attached hydrogen (secondary N) is 1. The Kier molecular flexibility index (Phi) is 3.45. The van der Waals surface area contributed by atoms with Gasteiger partial charge in [0.25, 0.3) is 0 Å². The van der Waals surface area contributed by atoms with Crippen LogP contribution in [0.2, 0.25) is 0 Å². The molecule has 0 spiro atoms. The van der Waals surface area contributed by atoms with Gasteiger partial charge in [-0.1, -0.05) is 12.1 Å². The number of para-hydroxylation sites is 1. The summed E-state index contributed by atoms with van der Waals surface area (Å²) in [5.74, 6) is -0.169. The fourth-order valence-electron chi connectivity index (χ4n) is 1.11. The quantitative estimate of drug-likeness (QED) is 0.571. The number of hydrogen-bond donors (Lipinski definition) is 2. The van der Waals surface area contributed by atoms with Crippen LogP contribution < -0.4 is 10.5 Å². The minimum absolute atomic E-state index is 0.0360. The van der Waals surface area contributed by atoms with Crippen molar-refractivity contribution in [3.8, 4) is 5.75 Å². The molecule has 0 saturated heterocycles. The van der Waals surface area contributed by atoms with Crippen LogP contribution in [0.4, 0.5) is 4.39 Å². The van der Waals surface area contributed by atoms with Crippen molar-refractivity contribution in [1.82, 2.24) is 0 Å². The standard InChI is InChI=1S/C10H13FN2O/c1-7(6-10(12)13)14-9-5-3-2-4-8(9)11/h2-5,7H,6H2,1H3,(H3,12,13). The van der Waals surface area contributed by atoms with E-state index in [2.05, 4.69) is 0 Å². The summed E-state index contributed by atoms with van der Waals surface area (Å²) in [7, 11) is 0. The highest BCUT2D eigenvalue weighted by Gasteiger charge is 2.08. The maximum atomic E-state index is 13.1. The van der Waals surface area contributed by atoms with E-state index >= 15 is 0 Å². The molecule has 76 valence electrons. The number of nitrogens with two attached hydrogens (primary N) is 1. The molecule has 1 rings (SSSR count). The van der Waals surface area contributed by atoms with Crippen LogP contribution in [0, 0.1) is 11.2 Å². The molecule has 0 aliphatic carbocycles. The Morgan fingerprint density at radius 2 is 2.21 bits per heavy atom. The summed E-state index contributed by atoms with van der Waals surface area (Å²) in [6, 6.07) is 6.17. The highest BCUT2D eigenvalue weighted by atomic mass is 19.1. The van der Waals surface area contributed by atoms with Gasteiger partial charge in [0.15, 0.2) is 11.6 Å². The first-order chi connectivity index (χ1) is 6.59. The minimum atomic E-state index is -0.400. The van der Waals surface area contributed by atoms with Gasteiger partial charge in [-0.3, -0.25) is 5.41 Å². The molecule has 1 atom stereocenters. The van der Waals surface area contributed by atoms with Crippen LogP contribution in [0.3, 0.4) is 0 Å². The Morgan fingerprint density at radius 1 is 1.57 bits per heavy atom. The van der Waals surface area contributed by atoms with Crippen LogP contribution >= 0.6 is 0 Å². The third kappa shape index (κ3) is 3.05. The average molecular weight is 196 g/mol. The van der Waals surface area contributed by atoms with Gasteiger partial charge in [0.1, 0.15) is 6.10 Å². The van der Waals surface area contributed by atoms with E-state index < -0.39 is 5.82 Å². The molecule has 0 aliphatic heterocycles. The van der Waals surface area contributed by atoms with Crippen LogP contribution in [0.1, 0.15) is 13.3 Å². The Labute approximate surface area is 82.2 Å². The predicted molar refractivity (Wildman–Crippen MR) is 53.0 cm³/mol. The largest absolute Gasteiger partial charge is 0.487 e. The lowest BCUT2D eigenvalue weighted by Gasteiger charge is -2.13. The Bertz CT molecular complexity index is 328. The molecule has 1 aromatic carbocycles. The van der Waals surface area contributed by atoms with Gasteiger partial charge in [-0.25, -0.2) is 4.39 Å². The van der Waals surface area contributed by atoms with Crippen molar-refractivity contribution in [2.24, 2.45) is 5.73 Å². The second-order valence-electron chi connectivity index (χ2n) is 3.09. The van der Waals surface area contributed by atoms with E-state index in [-0.39, 0.29) is 17.7 Å². The van der Waals surface area contributed by atoms with Crippen molar-refractivity contribution in [2.75, 3.05) is 0 Å². The molecule has 0 heterocycles. The third-order valence-corrected chi connectivity index (χ3v) is 1.67. The fourth-order valence-corrected chi connectivity index (χ4v) is 1.11. The molecule has 0 aliphatic rings. The van der Waals surface area contributed by atoms with E-state index in [4.69, 9.17) is 15.9 Å². The fraction of sp³-hybridized carbons (Fsp3) is 0.300. The maximum absolute atomic E-state index is 13.1. The monoisotopic (exact) mass is 196 g/mol. The molecule has 0 fully saturated rings. The third-order valence-electron chi connectivity index (χ3n) is 1.67. The van der Waals surface area contributed by atoms with Gasteiger partial charge in [0.2, 0.25) is 0 Å². The van der Waals surface area contributed by atoms with Crippen LogP contribution in [-0.2, 0) is 0 Å². The summed E-state index contributed by atoms with van der Waals surface area (Å²) >= 11 is 0. The average Bonchev–Trinajstić information content (AvgIpc) is 2.07. The summed E-state index contributed by atoms with van der Waals surface area (Å²) < 4.78 is 18.3. The molecule has 3 N–H and O–H groups in total. The van der Waals surface area contributed by atoms with Crippen molar-refractivity contribution in [1.29, 1.82) is 5.41 Å². The molecule has 0 aromatic heterocycles. The number of halogens is 1. The Hall–Kier alpha value is -1.58. The highest BCUT2D eigenvalue weighted by Crippen LogP contribution is 2.17. The van der Waals surface area contributed by atoms with Gasteiger partial charge in [0.05, 0.1) is 5.84 Å². The molecule has 0 radical (unpaired) electrons. The van der Waals surface area contributed by atoms with Crippen molar-refractivity contribution < 1.29 is 9.13 Å². The number of hydrogen-bond acceptors (Lipinski definition) is 2. The second kappa shape index (κ2) is 4.60. The van der Waals surface area contributed by atoms with Crippen LogP contribution in [0.5, 0.6) is 5.75 Å². The first-order valence-corrected chi connectivity index (χ1v) is 4.33. The lowest BCUT2D eigenvalue weighted by molar-refractivity contribution is 0.219. The van der Waals surface area contributed by atoms with Gasteiger partial charge < -0.3 is 10.5 Å². The number of amidine groups is 1. The molecule has 14 heavy (non-hydrogen) atoms. The van der Waals surface area contributed by atoms with E-state index in [9.17, 15) is 4.39 Å². The lowest BCUT2D eigenvalue weighted by atomic mass is 10.2. The van der Waals surface area contributed by atoms with Crippen molar-refractivity contribution in [3.63, 3.8) is 0 Å². The molecule has 1 unspecified atom stereocenters. The highest BCUT2D eigenvalue weighted by molar-refractivity contribution is 5.77. The summed E-state index contributed by atoms with van der Waals surface area (Å²) in [5, 5.41) is 7.05. The maximum Gasteiger partial charge on any atom is 0.165 e. The first-order valence-electron chi connectivity index (χ1n) is 4.33. The number of ether oxygens (including phenoxy) is 1. The van der Waals surface area contributed by atoms with E-state index in [0.717, 1.165) is 0 Å². The van der Waals surface area contributed by atoms with E-state index in [1.807, 2.05) is 0 Å². The van der Waals surface area contributed by atoms with Crippen LogP contribution in [0.15, 0.2) is 24.3 Å². The van der Waals surface area contributed by atoms with Crippen molar-refractivity contribution in [2.45, 2.75) is 19.4 Å². The zero-order chi connectivity index (χ0) is 10.6. The molecule has 3 nitrogen and oxygen atoms in total. The SMILES string of the molecule is CC(CC(=N)N)Oc1ccccc1F. The lowest BCUT2D eigenvalue weighted by Crippen LogP contribution is -2.22. The minimum Gasteiger partial charge on any atom is -0.487 e. The van der Waals surface area contributed by atoms with E-state index in [0.29, 0.717) is 6.42 Å². The smallest absolute Gasteiger partial charge is 0.165 e. The predicted octanol–water partition coefficient (Wildman–Crippen LogP) is 1.92. The molecule has 0 saturated carbocycles. The molecule has 0 bridgehead atoms. The molecule has 1 aromatic rings. The van der Waals surface area contributed by atoms with Crippen LogP contribution in [0.25, 0.3) is 0 Å². The topological polar surface area (TPSA) is 59.1 Å². The molecule has 4 heteroatoms. The number of benzene rings is 1. The summed E-state index contributed by atoms with van der Waals surface area (Å²) in [5.41, 5.74) is 5.19. The van der Waals surface area contributed by atoms with Gasteiger partial charge in [-0.2, -0.15) is 0 Å². The Balaban J connectivity index is 2.60. The normalized spacial score (nSPS) is 12.1. The van der Waals surface area contributed by atoms with Crippen LogP contribution in [-0.4, -0.2) is 11.9 Å². The summed E-state index contributed by atoms with van der Waals surface area (Å²) in [6.07, 6.45) is 0.0123. The molecular weight excluding hydrogens is 183 g/mol. The second-order valence-corrected chi connectivity index (χ2v) is 3.09. The van der Waals surface area contributed by atoms with Gasteiger partial charge in [0, 0.05) is 6.42 Å². The zero-order valence-electron chi connectivity index (χ0n) is 7.96. The van der Waals surface area contributed by atoms with E-state index in [1.165, 1.54) is 6.07 Å². The molecular formula is C10H13FN2O. The zero-order valence-corrected chi connectivity index (χ0v) is 7.96. The van der Waals surface area contributed by atoms with Crippen molar-refractivity contribution >= 4 is 5.84 Å². The summed E-state index contributed by atoms with van der Waals surface area (Å²) in [6.45, 7) is 1.74.